The van der Waals surface area contributed by atoms with Crippen molar-refractivity contribution in [2.24, 2.45) is 4.99 Å². The number of guanidine groups is 1. The second kappa shape index (κ2) is 5.27. The minimum atomic E-state index is 0.129. The fourth-order valence-corrected chi connectivity index (χ4v) is 3.06. The number of amides is 1. The molecule has 0 unspecified atom stereocenters. The third kappa shape index (κ3) is 2.30. The molecule has 1 fully saturated rings. The monoisotopic (exact) mass is 271 g/mol. The first kappa shape index (κ1) is 13.2. The highest BCUT2D eigenvalue weighted by Crippen LogP contribution is 2.27. The lowest BCUT2D eigenvalue weighted by molar-refractivity contribution is -0.126. The van der Waals surface area contributed by atoms with Gasteiger partial charge >= 0.3 is 0 Å². The van der Waals surface area contributed by atoms with E-state index in [1.165, 1.54) is 24.0 Å². The van der Waals surface area contributed by atoms with Crippen LogP contribution in [0.2, 0.25) is 0 Å². The van der Waals surface area contributed by atoms with Crippen molar-refractivity contribution in [2.75, 3.05) is 11.9 Å². The van der Waals surface area contributed by atoms with Crippen LogP contribution in [0.4, 0.5) is 5.69 Å². The molecule has 1 aromatic carbocycles. The number of carbonyl (C=O) groups excluding carboxylic acids is 1. The molecule has 1 aliphatic heterocycles. The number of anilines is 1. The summed E-state index contributed by atoms with van der Waals surface area (Å²) >= 11 is 0. The van der Waals surface area contributed by atoms with Gasteiger partial charge in [0.1, 0.15) is 6.54 Å². The van der Waals surface area contributed by atoms with Gasteiger partial charge < -0.3 is 5.32 Å². The highest BCUT2D eigenvalue weighted by Gasteiger charge is 2.34. The van der Waals surface area contributed by atoms with E-state index in [1.807, 2.05) is 17.0 Å². The first-order valence-electron chi connectivity index (χ1n) is 7.36. The van der Waals surface area contributed by atoms with E-state index in [9.17, 15) is 4.79 Å². The van der Waals surface area contributed by atoms with Gasteiger partial charge in [-0.25, -0.2) is 4.99 Å². The number of carbonyl (C=O) groups is 1. The Morgan fingerprint density at radius 1 is 1.25 bits per heavy atom. The SMILES string of the molecule is Cc1cccc(NC2=NCC(=O)N2C2CCCC2)c1C. The molecule has 1 aliphatic carbocycles. The molecule has 20 heavy (non-hydrogen) atoms. The number of aliphatic imine (C=N–C) groups is 1. The molecule has 1 saturated carbocycles. The van der Waals surface area contributed by atoms with Gasteiger partial charge in [-0.1, -0.05) is 25.0 Å². The summed E-state index contributed by atoms with van der Waals surface area (Å²) in [6.45, 7) is 4.47. The molecule has 0 bridgehead atoms. The van der Waals surface area contributed by atoms with Gasteiger partial charge in [-0.05, 0) is 43.9 Å². The molecule has 4 heteroatoms. The second-order valence-electron chi connectivity index (χ2n) is 5.71. The summed E-state index contributed by atoms with van der Waals surface area (Å²) in [5, 5.41) is 3.36. The van der Waals surface area contributed by atoms with Crippen LogP contribution in [0.3, 0.4) is 0 Å². The predicted molar refractivity (Wildman–Crippen MR) is 80.9 cm³/mol. The van der Waals surface area contributed by atoms with Crippen molar-refractivity contribution in [1.29, 1.82) is 0 Å². The van der Waals surface area contributed by atoms with E-state index in [0.717, 1.165) is 24.5 Å². The highest BCUT2D eigenvalue weighted by molar-refractivity contribution is 6.09. The number of nitrogens with zero attached hydrogens (tertiary/aromatic N) is 2. The van der Waals surface area contributed by atoms with Crippen molar-refractivity contribution in [3.8, 4) is 0 Å². The van der Waals surface area contributed by atoms with Crippen molar-refractivity contribution in [2.45, 2.75) is 45.6 Å². The van der Waals surface area contributed by atoms with E-state index in [-0.39, 0.29) is 12.5 Å². The van der Waals surface area contributed by atoms with Crippen LogP contribution in [-0.2, 0) is 4.79 Å². The molecule has 1 heterocycles. The summed E-state index contributed by atoms with van der Waals surface area (Å²) in [5.74, 6) is 0.861. The average Bonchev–Trinajstić information content (AvgIpc) is 3.05. The normalized spacial score (nSPS) is 19.6. The zero-order valence-corrected chi connectivity index (χ0v) is 12.1. The quantitative estimate of drug-likeness (QED) is 0.899. The standard InChI is InChI=1S/C16H21N3O/c1-11-6-5-9-14(12(11)2)18-16-17-10-15(20)19(16)13-7-3-4-8-13/h5-6,9,13H,3-4,7-8,10H2,1-2H3,(H,17,18). The third-order valence-electron chi connectivity index (χ3n) is 4.40. The van der Waals surface area contributed by atoms with Crippen molar-refractivity contribution in [3.05, 3.63) is 29.3 Å². The molecule has 3 rings (SSSR count). The smallest absolute Gasteiger partial charge is 0.251 e. The summed E-state index contributed by atoms with van der Waals surface area (Å²) in [6, 6.07) is 6.50. The Morgan fingerprint density at radius 2 is 2.00 bits per heavy atom. The molecule has 0 radical (unpaired) electrons. The van der Waals surface area contributed by atoms with Crippen LogP contribution < -0.4 is 5.32 Å². The Balaban J connectivity index is 1.82. The van der Waals surface area contributed by atoms with Crippen LogP contribution in [0.5, 0.6) is 0 Å². The Bertz CT molecular complexity index is 559. The fourth-order valence-electron chi connectivity index (χ4n) is 3.06. The second-order valence-corrected chi connectivity index (χ2v) is 5.71. The maximum Gasteiger partial charge on any atom is 0.251 e. The molecule has 0 aromatic heterocycles. The van der Waals surface area contributed by atoms with Crippen molar-refractivity contribution in [1.82, 2.24) is 4.90 Å². The molecular weight excluding hydrogens is 250 g/mol. The van der Waals surface area contributed by atoms with E-state index in [0.29, 0.717) is 6.04 Å². The Labute approximate surface area is 119 Å². The summed E-state index contributed by atoms with van der Waals surface area (Å²) in [4.78, 5) is 18.4. The lowest BCUT2D eigenvalue weighted by Crippen LogP contribution is -2.43. The zero-order chi connectivity index (χ0) is 14.1. The lowest BCUT2D eigenvalue weighted by Gasteiger charge is -2.26. The van der Waals surface area contributed by atoms with Crippen molar-refractivity contribution < 1.29 is 4.79 Å². The van der Waals surface area contributed by atoms with Gasteiger partial charge in [0.05, 0.1) is 0 Å². The molecular formula is C16H21N3O. The van der Waals surface area contributed by atoms with Crippen molar-refractivity contribution in [3.63, 3.8) is 0 Å². The number of benzene rings is 1. The molecule has 0 saturated heterocycles. The Kier molecular flexibility index (Phi) is 3.47. The van der Waals surface area contributed by atoms with Gasteiger partial charge in [-0.3, -0.25) is 9.69 Å². The van der Waals surface area contributed by atoms with Crippen LogP contribution in [0.15, 0.2) is 23.2 Å². The predicted octanol–water partition coefficient (Wildman–Crippen LogP) is 2.86. The van der Waals surface area contributed by atoms with E-state index < -0.39 is 0 Å². The summed E-state index contributed by atoms with van der Waals surface area (Å²) in [6.07, 6.45) is 4.62. The van der Waals surface area contributed by atoms with Crippen LogP contribution in [0, 0.1) is 13.8 Å². The van der Waals surface area contributed by atoms with Crippen molar-refractivity contribution >= 4 is 17.6 Å². The van der Waals surface area contributed by atoms with E-state index in [2.05, 4.69) is 30.2 Å². The zero-order valence-electron chi connectivity index (χ0n) is 12.1. The molecule has 1 N–H and O–H groups in total. The van der Waals surface area contributed by atoms with Gasteiger partial charge in [0.15, 0.2) is 0 Å². The Morgan fingerprint density at radius 3 is 2.75 bits per heavy atom. The average molecular weight is 271 g/mol. The Hall–Kier alpha value is -1.84. The van der Waals surface area contributed by atoms with Crippen LogP contribution >= 0.6 is 0 Å². The molecule has 1 amide bonds. The van der Waals surface area contributed by atoms with E-state index >= 15 is 0 Å². The summed E-state index contributed by atoms with van der Waals surface area (Å²) in [7, 11) is 0. The van der Waals surface area contributed by atoms with Gasteiger partial charge in [-0.2, -0.15) is 0 Å². The summed E-state index contributed by atoms with van der Waals surface area (Å²) < 4.78 is 0. The fraction of sp³-hybridized carbons (Fsp3) is 0.500. The molecule has 1 aromatic rings. The third-order valence-corrected chi connectivity index (χ3v) is 4.40. The highest BCUT2D eigenvalue weighted by atomic mass is 16.2. The van der Waals surface area contributed by atoms with Crippen LogP contribution in [0.1, 0.15) is 36.8 Å². The summed E-state index contributed by atoms with van der Waals surface area (Å²) in [5.41, 5.74) is 3.50. The number of aryl methyl sites for hydroxylation is 1. The first-order chi connectivity index (χ1) is 9.66. The van der Waals surface area contributed by atoms with Gasteiger partial charge in [-0.15, -0.1) is 0 Å². The molecule has 0 spiro atoms. The van der Waals surface area contributed by atoms with Crippen LogP contribution in [0.25, 0.3) is 0 Å². The minimum absolute atomic E-state index is 0.129. The van der Waals surface area contributed by atoms with E-state index in [1.54, 1.807) is 0 Å². The van der Waals surface area contributed by atoms with Crippen LogP contribution in [-0.4, -0.2) is 29.4 Å². The number of rotatable bonds is 2. The van der Waals surface area contributed by atoms with E-state index in [4.69, 9.17) is 0 Å². The van der Waals surface area contributed by atoms with Gasteiger partial charge in [0, 0.05) is 11.7 Å². The first-order valence-corrected chi connectivity index (χ1v) is 7.36. The maximum absolute atomic E-state index is 12.1. The van der Waals surface area contributed by atoms with Gasteiger partial charge in [0.25, 0.3) is 5.91 Å². The molecule has 2 aliphatic rings. The minimum Gasteiger partial charge on any atom is -0.326 e. The largest absolute Gasteiger partial charge is 0.326 e. The molecule has 4 nitrogen and oxygen atoms in total. The number of nitrogens with one attached hydrogen (secondary N) is 1. The topological polar surface area (TPSA) is 44.7 Å². The molecule has 0 atom stereocenters. The molecule has 106 valence electrons. The maximum atomic E-state index is 12.1. The van der Waals surface area contributed by atoms with Gasteiger partial charge in [0.2, 0.25) is 5.96 Å². The lowest BCUT2D eigenvalue weighted by atomic mass is 10.1. The number of hydrogen-bond acceptors (Lipinski definition) is 3. The number of hydrogen-bond donors (Lipinski definition) is 1.